The number of carbonyl (C=O) groups is 1. The first-order valence-corrected chi connectivity index (χ1v) is 12.6. The standard InChI is InChI=1S/C24H28N4O4S/c1-3-26(20-10-5-4-6-11-20)23(29)17-27-22-13-12-21(15-19(22)16-25-24(27)30)33(31,32)28-14-8-7-9-18(28)2/h4-6,10-13,15-16,18H,3,7-9,14,17H2,1-2H3. The van der Waals surface area contributed by atoms with E-state index in [1.807, 2.05) is 44.2 Å². The molecule has 0 aliphatic carbocycles. The number of likely N-dealkylation sites (N-methyl/N-ethyl adjacent to an activating group) is 1. The van der Waals surface area contributed by atoms with Crippen LogP contribution in [0, 0.1) is 0 Å². The number of nitrogens with zero attached hydrogens (tertiary/aromatic N) is 4. The Morgan fingerprint density at radius 3 is 2.61 bits per heavy atom. The molecule has 1 aromatic heterocycles. The number of rotatable bonds is 6. The third-order valence-corrected chi connectivity index (χ3v) is 8.17. The minimum Gasteiger partial charge on any atom is -0.311 e. The average Bonchev–Trinajstić information content (AvgIpc) is 2.82. The molecule has 1 fully saturated rings. The summed E-state index contributed by atoms with van der Waals surface area (Å²) in [6, 6.07) is 13.8. The van der Waals surface area contributed by atoms with E-state index in [-0.39, 0.29) is 23.4 Å². The van der Waals surface area contributed by atoms with Crippen LogP contribution in [0.15, 0.2) is 64.4 Å². The fraction of sp³-hybridized carbons (Fsp3) is 0.375. The Kier molecular flexibility index (Phi) is 6.62. The number of anilines is 1. The highest BCUT2D eigenvalue weighted by Gasteiger charge is 2.31. The highest BCUT2D eigenvalue weighted by Crippen LogP contribution is 2.27. The van der Waals surface area contributed by atoms with Gasteiger partial charge in [0.15, 0.2) is 0 Å². The second-order valence-corrected chi connectivity index (χ2v) is 10.2. The molecule has 9 heteroatoms. The molecule has 1 aliphatic rings. The van der Waals surface area contributed by atoms with Crippen LogP contribution < -0.4 is 10.6 Å². The quantitative estimate of drug-likeness (QED) is 0.555. The van der Waals surface area contributed by atoms with E-state index in [1.165, 1.54) is 22.9 Å². The molecule has 0 radical (unpaired) electrons. The summed E-state index contributed by atoms with van der Waals surface area (Å²) in [5.41, 5.74) is 0.661. The van der Waals surface area contributed by atoms with Crippen LogP contribution in [-0.4, -0.2) is 47.3 Å². The molecule has 1 saturated heterocycles. The lowest BCUT2D eigenvalue weighted by Crippen LogP contribution is -2.41. The molecular formula is C24H28N4O4S. The van der Waals surface area contributed by atoms with Crippen molar-refractivity contribution in [2.75, 3.05) is 18.0 Å². The van der Waals surface area contributed by atoms with Gasteiger partial charge in [-0.25, -0.2) is 18.2 Å². The molecule has 1 atom stereocenters. The predicted octanol–water partition coefficient (Wildman–Crippen LogP) is 3.01. The van der Waals surface area contributed by atoms with Gasteiger partial charge >= 0.3 is 5.69 Å². The Morgan fingerprint density at radius 1 is 1.15 bits per heavy atom. The molecule has 0 N–H and O–H groups in total. The van der Waals surface area contributed by atoms with Crippen molar-refractivity contribution in [1.82, 2.24) is 13.9 Å². The summed E-state index contributed by atoms with van der Waals surface area (Å²) in [7, 11) is -3.66. The Morgan fingerprint density at radius 2 is 1.91 bits per heavy atom. The zero-order chi connectivity index (χ0) is 23.6. The molecule has 8 nitrogen and oxygen atoms in total. The molecule has 33 heavy (non-hydrogen) atoms. The molecule has 174 valence electrons. The van der Waals surface area contributed by atoms with Crippen LogP contribution in [0.3, 0.4) is 0 Å². The summed E-state index contributed by atoms with van der Waals surface area (Å²) < 4.78 is 29.3. The number of para-hydroxylation sites is 1. The van der Waals surface area contributed by atoms with Gasteiger partial charge in [0.05, 0.1) is 10.4 Å². The summed E-state index contributed by atoms with van der Waals surface area (Å²) in [5, 5.41) is 0.496. The monoisotopic (exact) mass is 468 g/mol. The number of benzene rings is 2. The summed E-state index contributed by atoms with van der Waals surface area (Å²) in [4.78, 5) is 31.3. The largest absolute Gasteiger partial charge is 0.348 e. The van der Waals surface area contributed by atoms with Gasteiger partial charge in [-0.05, 0) is 57.0 Å². The molecule has 1 aliphatic heterocycles. The summed E-state index contributed by atoms with van der Waals surface area (Å²) in [6.07, 6.45) is 4.07. The maximum atomic E-state index is 13.2. The number of hydrogen-bond donors (Lipinski definition) is 0. The van der Waals surface area contributed by atoms with Crippen LogP contribution >= 0.6 is 0 Å². The van der Waals surface area contributed by atoms with Gasteiger partial charge < -0.3 is 4.90 Å². The van der Waals surface area contributed by atoms with E-state index in [2.05, 4.69) is 4.98 Å². The van der Waals surface area contributed by atoms with Crippen molar-refractivity contribution in [2.24, 2.45) is 0 Å². The van der Waals surface area contributed by atoms with Crippen molar-refractivity contribution in [3.63, 3.8) is 0 Å². The number of sulfonamides is 1. The fourth-order valence-corrected chi connectivity index (χ4v) is 6.12. The van der Waals surface area contributed by atoms with Crippen LogP contribution in [-0.2, 0) is 21.4 Å². The highest BCUT2D eigenvalue weighted by molar-refractivity contribution is 7.89. The van der Waals surface area contributed by atoms with Crippen molar-refractivity contribution in [3.8, 4) is 0 Å². The molecule has 2 aromatic carbocycles. The molecule has 1 unspecified atom stereocenters. The normalized spacial score (nSPS) is 17.2. The topological polar surface area (TPSA) is 92.6 Å². The van der Waals surface area contributed by atoms with Gasteiger partial charge in [0.2, 0.25) is 15.9 Å². The first-order chi connectivity index (χ1) is 15.8. The van der Waals surface area contributed by atoms with E-state index in [4.69, 9.17) is 0 Å². The van der Waals surface area contributed by atoms with Crippen molar-refractivity contribution < 1.29 is 13.2 Å². The predicted molar refractivity (Wildman–Crippen MR) is 128 cm³/mol. The molecule has 3 aromatic rings. The maximum absolute atomic E-state index is 13.2. The Balaban J connectivity index is 1.68. The van der Waals surface area contributed by atoms with Crippen molar-refractivity contribution in [3.05, 3.63) is 65.2 Å². The third-order valence-electron chi connectivity index (χ3n) is 6.16. The highest BCUT2D eigenvalue weighted by atomic mass is 32.2. The van der Waals surface area contributed by atoms with Crippen LogP contribution in [0.25, 0.3) is 10.9 Å². The molecule has 1 amide bonds. The lowest BCUT2D eigenvalue weighted by molar-refractivity contribution is -0.119. The van der Waals surface area contributed by atoms with Crippen LogP contribution in [0.2, 0.25) is 0 Å². The van der Waals surface area contributed by atoms with Crippen LogP contribution in [0.1, 0.15) is 33.1 Å². The van der Waals surface area contributed by atoms with Gasteiger partial charge in [-0.1, -0.05) is 24.6 Å². The first-order valence-electron chi connectivity index (χ1n) is 11.2. The zero-order valence-electron chi connectivity index (χ0n) is 18.8. The van der Waals surface area contributed by atoms with Gasteiger partial charge in [-0.15, -0.1) is 0 Å². The molecule has 0 spiro atoms. The van der Waals surface area contributed by atoms with Gasteiger partial charge in [-0.2, -0.15) is 4.31 Å². The van der Waals surface area contributed by atoms with Gasteiger partial charge in [-0.3, -0.25) is 9.36 Å². The molecule has 0 bridgehead atoms. The molecular weight excluding hydrogens is 440 g/mol. The number of hydrogen-bond acceptors (Lipinski definition) is 5. The van der Waals surface area contributed by atoms with Gasteiger partial charge in [0.25, 0.3) is 0 Å². The van der Waals surface area contributed by atoms with Gasteiger partial charge in [0.1, 0.15) is 6.54 Å². The minimum atomic E-state index is -3.66. The summed E-state index contributed by atoms with van der Waals surface area (Å²) in [5.74, 6) is -0.251. The van der Waals surface area contributed by atoms with E-state index in [0.717, 1.165) is 24.9 Å². The molecule has 2 heterocycles. The van der Waals surface area contributed by atoms with E-state index >= 15 is 0 Å². The second-order valence-electron chi connectivity index (χ2n) is 8.28. The first kappa shape index (κ1) is 23.1. The van der Waals surface area contributed by atoms with E-state index in [1.54, 1.807) is 15.3 Å². The Bertz CT molecular complexity index is 1320. The Hall–Kier alpha value is -3.04. The van der Waals surface area contributed by atoms with Gasteiger partial charge in [0, 0.05) is 36.4 Å². The number of aromatic nitrogens is 2. The SMILES string of the molecule is CCN(C(=O)Cn1c(=O)ncc2cc(S(=O)(=O)N3CCCCC3C)ccc21)c1ccccc1. The lowest BCUT2D eigenvalue weighted by Gasteiger charge is -2.32. The smallest absolute Gasteiger partial charge is 0.311 e. The average molecular weight is 469 g/mol. The van der Waals surface area contributed by atoms with Crippen LogP contribution in [0.4, 0.5) is 5.69 Å². The van der Waals surface area contributed by atoms with Crippen molar-refractivity contribution in [2.45, 2.75) is 50.6 Å². The van der Waals surface area contributed by atoms with E-state index in [9.17, 15) is 18.0 Å². The summed E-state index contributed by atoms with van der Waals surface area (Å²) in [6.45, 7) is 4.55. The number of amides is 1. The summed E-state index contributed by atoms with van der Waals surface area (Å²) >= 11 is 0. The molecule has 0 saturated carbocycles. The molecule has 4 rings (SSSR count). The Labute approximate surface area is 193 Å². The second kappa shape index (κ2) is 9.44. The third kappa shape index (κ3) is 4.56. The number of piperidine rings is 1. The van der Waals surface area contributed by atoms with Crippen molar-refractivity contribution >= 4 is 32.5 Å². The van der Waals surface area contributed by atoms with E-state index < -0.39 is 15.7 Å². The fourth-order valence-electron chi connectivity index (χ4n) is 4.39. The van der Waals surface area contributed by atoms with Crippen molar-refractivity contribution in [1.29, 1.82) is 0 Å². The zero-order valence-corrected chi connectivity index (χ0v) is 19.7. The number of carbonyl (C=O) groups excluding carboxylic acids is 1. The number of fused-ring (bicyclic) bond motifs is 1. The van der Waals surface area contributed by atoms with Crippen LogP contribution in [0.5, 0.6) is 0 Å². The maximum Gasteiger partial charge on any atom is 0.348 e. The lowest BCUT2D eigenvalue weighted by atomic mass is 10.1. The minimum absolute atomic E-state index is 0.0536. The van der Waals surface area contributed by atoms with E-state index in [0.29, 0.717) is 24.0 Å².